The predicted molar refractivity (Wildman–Crippen MR) is 85.9 cm³/mol. The number of nitrogens with zero attached hydrogens (tertiary/aromatic N) is 5. The van der Waals surface area contributed by atoms with Crippen LogP contribution >= 0.6 is 0 Å². The number of fused-ring (bicyclic) bond motifs is 1. The van der Waals surface area contributed by atoms with Gasteiger partial charge in [-0.2, -0.15) is 27.8 Å². The van der Waals surface area contributed by atoms with Crippen molar-refractivity contribution in [2.24, 2.45) is 0 Å². The van der Waals surface area contributed by atoms with Crippen LogP contribution in [0.15, 0.2) is 12.4 Å². The summed E-state index contributed by atoms with van der Waals surface area (Å²) < 4.78 is 66.3. The number of hydrogen-bond acceptors (Lipinski definition) is 6. The van der Waals surface area contributed by atoms with E-state index in [0.717, 1.165) is 12.4 Å². The minimum atomic E-state index is -4.59. The Morgan fingerprint density at radius 2 is 1.85 bits per heavy atom. The number of hydrogen-bond donors (Lipinski definition) is 1. The SMILES string of the molecule is O=S(=O)(C1CC1)N1CCC(Nc2cc(C(F)(F)F)nc3ncnn23)CC1. The number of halogens is 3. The maximum atomic E-state index is 13.0. The largest absolute Gasteiger partial charge is 0.433 e. The number of rotatable bonds is 4. The zero-order valence-electron chi connectivity index (χ0n) is 13.6. The zero-order chi connectivity index (χ0) is 18.5. The second-order valence-electron chi connectivity index (χ2n) is 6.56. The minimum Gasteiger partial charge on any atom is -0.367 e. The molecule has 0 atom stereocenters. The molecular weight excluding hydrogens is 373 g/mol. The van der Waals surface area contributed by atoms with Crippen molar-refractivity contribution in [1.29, 1.82) is 0 Å². The third-order valence-corrected chi connectivity index (χ3v) is 7.05. The van der Waals surface area contributed by atoms with Crippen molar-refractivity contribution >= 4 is 21.6 Å². The molecule has 2 aromatic rings. The molecule has 2 fully saturated rings. The van der Waals surface area contributed by atoms with Gasteiger partial charge in [0, 0.05) is 25.2 Å². The molecule has 26 heavy (non-hydrogen) atoms. The summed E-state index contributed by atoms with van der Waals surface area (Å²) in [7, 11) is -3.22. The van der Waals surface area contributed by atoms with Crippen molar-refractivity contribution in [2.45, 2.75) is 43.2 Å². The lowest BCUT2D eigenvalue weighted by Crippen LogP contribution is -2.43. The van der Waals surface area contributed by atoms with Gasteiger partial charge in [0.1, 0.15) is 12.1 Å². The first kappa shape index (κ1) is 17.5. The topological polar surface area (TPSA) is 92.5 Å². The van der Waals surface area contributed by atoms with E-state index in [1.807, 2.05) is 0 Å². The summed E-state index contributed by atoms with van der Waals surface area (Å²) in [4.78, 5) is 7.20. The van der Waals surface area contributed by atoms with Gasteiger partial charge in [-0.25, -0.2) is 17.7 Å². The second kappa shape index (κ2) is 6.05. The molecule has 2 aliphatic rings. The van der Waals surface area contributed by atoms with Crippen LogP contribution in [-0.4, -0.2) is 56.7 Å². The number of piperidine rings is 1. The molecule has 12 heteroatoms. The summed E-state index contributed by atoms with van der Waals surface area (Å²) in [5.41, 5.74) is -1.05. The van der Waals surface area contributed by atoms with Crippen molar-refractivity contribution in [1.82, 2.24) is 23.9 Å². The van der Waals surface area contributed by atoms with E-state index in [1.54, 1.807) is 0 Å². The number of aromatic nitrogens is 4. The molecule has 0 radical (unpaired) electrons. The van der Waals surface area contributed by atoms with E-state index in [2.05, 4.69) is 20.4 Å². The van der Waals surface area contributed by atoms with Gasteiger partial charge >= 0.3 is 6.18 Å². The van der Waals surface area contributed by atoms with E-state index in [0.29, 0.717) is 38.8 Å². The normalized spacial score (nSPS) is 20.6. The Bertz CT molecular complexity index is 916. The Labute approximate surface area is 147 Å². The molecule has 1 saturated heterocycles. The zero-order valence-corrected chi connectivity index (χ0v) is 14.5. The van der Waals surface area contributed by atoms with Crippen LogP contribution in [0, 0.1) is 0 Å². The molecule has 1 N–H and O–H groups in total. The van der Waals surface area contributed by atoms with Gasteiger partial charge in [0.25, 0.3) is 5.78 Å². The maximum absolute atomic E-state index is 13.0. The molecule has 1 aliphatic carbocycles. The number of alkyl halides is 3. The van der Waals surface area contributed by atoms with Gasteiger partial charge in [0.15, 0.2) is 5.69 Å². The molecular formula is C14H17F3N6O2S. The predicted octanol–water partition coefficient (Wildman–Crippen LogP) is 1.51. The van der Waals surface area contributed by atoms with Crippen LogP contribution in [0.25, 0.3) is 5.78 Å². The van der Waals surface area contributed by atoms with Crippen LogP contribution in [-0.2, 0) is 16.2 Å². The second-order valence-corrected chi connectivity index (χ2v) is 8.77. The van der Waals surface area contributed by atoms with E-state index < -0.39 is 21.9 Å². The van der Waals surface area contributed by atoms with Crippen LogP contribution in [0.5, 0.6) is 0 Å². The van der Waals surface area contributed by atoms with E-state index in [1.165, 1.54) is 8.82 Å². The van der Waals surface area contributed by atoms with Crippen molar-refractivity contribution in [3.63, 3.8) is 0 Å². The first-order valence-electron chi connectivity index (χ1n) is 8.28. The summed E-state index contributed by atoms with van der Waals surface area (Å²) in [5.74, 6) is -0.000558. The molecule has 0 aromatic carbocycles. The van der Waals surface area contributed by atoms with Crippen molar-refractivity contribution in [3.8, 4) is 0 Å². The molecule has 1 aliphatic heterocycles. The van der Waals surface area contributed by atoms with Crippen LogP contribution in [0.4, 0.5) is 19.0 Å². The fraction of sp³-hybridized carbons (Fsp3) is 0.643. The Morgan fingerprint density at radius 3 is 2.46 bits per heavy atom. The molecule has 142 valence electrons. The molecule has 2 aromatic heterocycles. The van der Waals surface area contributed by atoms with E-state index >= 15 is 0 Å². The molecule has 0 unspecified atom stereocenters. The standard InChI is InChI=1S/C14H17F3N6O2S/c15-14(16,17)11-7-12(23-13(21-11)18-8-19-23)20-9-3-5-22(6-4-9)26(24,25)10-1-2-10/h7-10,20H,1-6H2. The van der Waals surface area contributed by atoms with Gasteiger partial charge in [-0.15, -0.1) is 0 Å². The van der Waals surface area contributed by atoms with Crippen molar-refractivity contribution in [3.05, 3.63) is 18.1 Å². The summed E-state index contributed by atoms with van der Waals surface area (Å²) in [6, 6.07) is 0.742. The minimum absolute atomic E-state index is 0.142. The van der Waals surface area contributed by atoms with Crippen LogP contribution in [0.1, 0.15) is 31.4 Å². The number of anilines is 1. The molecule has 0 spiro atoms. The summed E-state index contributed by atoms with van der Waals surface area (Å²) in [6.45, 7) is 0.711. The molecule has 0 amide bonds. The van der Waals surface area contributed by atoms with Gasteiger partial charge in [0.05, 0.1) is 5.25 Å². The Kier molecular flexibility index (Phi) is 4.06. The van der Waals surface area contributed by atoms with Gasteiger partial charge in [-0.05, 0) is 25.7 Å². The fourth-order valence-corrected chi connectivity index (χ4v) is 4.97. The highest BCUT2D eigenvalue weighted by molar-refractivity contribution is 7.90. The monoisotopic (exact) mass is 390 g/mol. The summed E-state index contributed by atoms with van der Waals surface area (Å²) in [6.07, 6.45) is -1.02. The first-order chi connectivity index (χ1) is 12.2. The average Bonchev–Trinajstić information content (AvgIpc) is 3.33. The van der Waals surface area contributed by atoms with Crippen molar-refractivity contribution in [2.75, 3.05) is 18.4 Å². The smallest absolute Gasteiger partial charge is 0.367 e. The lowest BCUT2D eigenvalue weighted by atomic mass is 10.1. The third kappa shape index (κ3) is 3.22. The molecule has 8 nitrogen and oxygen atoms in total. The van der Waals surface area contributed by atoms with Gasteiger partial charge in [-0.1, -0.05) is 0 Å². The highest BCUT2D eigenvalue weighted by Gasteiger charge is 2.41. The lowest BCUT2D eigenvalue weighted by Gasteiger charge is -2.32. The van der Waals surface area contributed by atoms with Gasteiger partial charge < -0.3 is 5.32 Å². The first-order valence-corrected chi connectivity index (χ1v) is 9.79. The van der Waals surface area contributed by atoms with E-state index in [9.17, 15) is 21.6 Å². The highest BCUT2D eigenvalue weighted by Crippen LogP contribution is 2.33. The van der Waals surface area contributed by atoms with E-state index in [4.69, 9.17) is 0 Å². The molecule has 0 bridgehead atoms. The quantitative estimate of drug-likeness (QED) is 0.851. The van der Waals surface area contributed by atoms with E-state index in [-0.39, 0.29) is 22.9 Å². The Balaban J connectivity index is 1.50. The number of nitrogens with one attached hydrogen (secondary N) is 1. The highest BCUT2D eigenvalue weighted by atomic mass is 32.2. The Hall–Kier alpha value is -1.95. The van der Waals surface area contributed by atoms with Crippen LogP contribution in [0.3, 0.4) is 0 Å². The number of sulfonamides is 1. The molecule has 3 heterocycles. The molecule has 4 rings (SSSR count). The summed E-state index contributed by atoms with van der Waals surface area (Å²) >= 11 is 0. The third-order valence-electron chi connectivity index (χ3n) is 4.65. The van der Waals surface area contributed by atoms with Crippen molar-refractivity contribution < 1.29 is 21.6 Å². The fourth-order valence-electron chi connectivity index (χ4n) is 3.10. The summed E-state index contributed by atoms with van der Waals surface area (Å²) in [5, 5.41) is 6.68. The Morgan fingerprint density at radius 1 is 1.15 bits per heavy atom. The molecule has 1 saturated carbocycles. The van der Waals surface area contributed by atoms with Gasteiger partial charge in [-0.3, -0.25) is 0 Å². The van der Waals surface area contributed by atoms with Gasteiger partial charge in [0.2, 0.25) is 10.0 Å². The maximum Gasteiger partial charge on any atom is 0.433 e. The van der Waals surface area contributed by atoms with Crippen LogP contribution in [0.2, 0.25) is 0 Å². The lowest BCUT2D eigenvalue weighted by molar-refractivity contribution is -0.141. The van der Waals surface area contributed by atoms with Crippen LogP contribution < -0.4 is 5.32 Å². The average molecular weight is 390 g/mol.